The average molecular weight is 378 g/mol. The molecule has 8 heteroatoms. The van der Waals surface area contributed by atoms with Crippen molar-refractivity contribution >= 4 is 10.0 Å². The van der Waals surface area contributed by atoms with Gasteiger partial charge < -0.3 is 9.09 Å². The van der Waals surface area contributed by atoms with Crippen LogP contribution in [0.5, 0.6) is 0 Å². The highest BCUT2D eigenvalue weighted by molar-refractivity contribution is 7.89. The van der Waals surface area contributed by atoms with Crippen LogP contribution in [0.15, 0.2) is 9.42 Å². The Balaban J connectivity index is 1.81. The lowest BCUT2D eigenvalue weighted by Crippen LogP contribution is -2.33. The summed E-state index contributed by atoms with van der Waals surface area (Å²) in [5.41, 5.74) is 2.12. The monoisotopic (exact) mass is 378 g/mol. The molecule has 0 bridgehead atoms. The van der Waals surface area contributed by atoms with Crippen molar-refractivity contribution < 1.29 is 12.9 Å². The highest BCUT2D eigenvalue weighted by atomic mass is 32.2. The van der Waals surface area contributed by atoms with Gasteiger partial charge in [0, 0.05) is 29.9 Å². The molecule has 4 rings (SSSR count). The molecule has 7 nitrogen and oxygen atoms in total. The molecule has 2 saturated carbocycles. The molecule has 0 saturated heterocycles. The van der Waals surface area contributed by atoms with Gasteiger partial charge >= 0.3 is 0 Å². The molecule has 0 spiro atoms. The smallest absolute Gasteiger partial charge is 0.261 e. The maximum atomic E-state index is 13.2. The van der Waals surface area contributed by atoms with E-state index >= 15 is 0 Å². The number of nitrogens with zero attached hydrogens (tertiary/aromatic N) is 3. The molecule has 2 aromatic rings. The molecular formula is C18H26N4O3S. The number of hydrogen-bond acceptors (Lipinski definition) is 5. The molecule has 0 amide bonds. The van der Waals surface area contributed by atoms with Gasteiger partial charge in [-0.2, -0.15) is 4.98 Å². The van der Waals surface area contributed by atoms with E-state index in [1.54, 1.807) is 0 Å². The third-order valence-corrected chi connectivity index (χ3v) is 7.27. The summed E-state index contributed by atoms with van der Waals surface area (Å²) in [5.74, 6) is 1.36. The molecule has 2 aromatic heterocycles. The third-order valence-electron chi connectivity index (χ3n) is 5.59. The second kappa shape index (κ2) is 6.49. The molecule has 142 valence electrons. The zero-order valence-electron chi connectivity index (χ0n) is 15.6. The van der Waals surface area contributed by atoms with Crippen molar-refractivity contribution in [3.8, 4) is 11.5 Å². The largest absolute Gasteiger partial charge is 0.347 e. The first-order valence-corrected chi connectivity index (χ1v) is 11.0. The topological polar surface area (TPSA) is 90.0 Å². The van der Waals surface area contributed by atoms with E-state index in [9.17, 15) is 8.42 Å². The van der Waals surface area contributed by atoms with Crippen LogP contribution in [0.25, 0.3) is 11.5 Å². The Hall–Kier alpha value is -1.67. The van der Waals surface area contributed by atoms with E-state index in [0.29, 0.717) is 29.7 Å². The van der Waals surface area contributed by atoms with Crippen molar-refractivity contribution in [3.63, 3.8) is 0 Å². The number of rotatable bonds is 6. The number of nitrogens with one attached hydrogen (secondary N) is 1. The zero-order chi connectivity index (χ0) is 18.5. The highest BCUT2D eigenvalue weighted by Crippen LogP contribution is 2.41. The second-order valence-electron chi connectivity index (χ2n) is 7.45. The van der Waals surface area contributed by atoms with Crippen LogP contribution in [0.2, 0.25) is 0 Å². The fourth-order valence-corrected chi connectivity index (χ4v) is 5.87. The lowest BCUT2D eigenvalue weighted by Gasteiger charge is -2.13. The molecule has 26 heavy (non-hydrogen) atoms. The van der Waals surface area contributed by atoms with Gasteiger partial charge in [-0.3, -0.25) is 0 Å². The van der Waals surface area contributed by atoms with Crippen LogP contribution in [0.3, 0.4) is 0 Å². The lowest BCUT2D eigenvalue weighted by atomic mass is 10.2. The van der Waals surface area contributed by atoms with Crippen LogP contribution in [-0.4, -0.2) is 29.2 Å². The van der Waals surface area contributed by atoms with Crippen LogP contribution in [0, 0.1) is 13.8 Å². The summed E-state index contributed by atoms with van der Waals surface area (Å²) >= 11 is 0. The Morgan fingerprint density at radius 1 is 1.15 bits per heavy atom. The molecule has 0 radical (unpaired) electrons. The van der Waals surface area contributed by atoms with Crippen molar-refractivity contribution in [2.45, 2.75) is 82.7 Å². The summed E-state index contributed by atoms with van der Waals surface area (Å²) in [5, 5.41) is 4.08. The molecule has 2 aliphatic rings. The molecule has 0 aliphatic heterocycles. The normalized spacial score (nSPS) is 18.7. The summed E-state index contributed by atoms with van der Waals surface area (Å²) in [6, 6.07) is 0.0160. The number of aromatic nitrogens is 3. The quantitative estimate of drug-likeness (QED) is 0.833. The van der Waals surface area contributed by atoms with Gasteiger partial charge in [0.25, 0.3) is 5.89 Å². The average Bonchev–Trinajstić information content (AvgIpc) is 3.01. The van der Waals surface area contributed by atoms with E-state index in [1.165, 1.54) is 0 Å². The van der Waals surface area contributed by atoms with E-state index in [4.69, 9.17) is 4.52 Å². The van der Waals surface area contributed by atoms with Crippen LogP contribution >= 0.6 is 0 Å². The molecule has 2 fully saturated rings. The van der Waals surface area contributed by atoms with Crippen LogP contribution in [0.4, 0.5) is 0 Å². The molecule has 0 aromatic carbocycles. The van der Waals surface area contributed by atoms with Crippen molar-refractivity contribution in [3.05, 3.63) is 17.2 Å². The number of sulfonamides is 1. The first kappa shape index (κ1) is 17.7. The van der Waals surface area contributed by atoms with Crippen molar-refractivity contribution in [1.82, 2.24) is 19.4 Å². The number of hydrogen-bond donors (Lipinski definition) is 1. The van der Waals surface area contributed by atoms with Gasteiger partial charge in [-0.15, -0.1) is 0 Å². The molecule has 0 unspecified atom stereocenters. The molecule has 2 heterocycles. The Bertz CT molecular complexity index is 919. The first-order valence-electron chi connectivity index (χ1n) is 9.48. The van der Waals surface area contributed by atoms with Crippen molar-refractivity contribution in [1.29, 1.82) is 0 Å². The van der Waals surface area contributed by atoms with Crippen molar-refractivity contribution in [2.75, 3.05) is 0 Å². The Morgan fingerprint density at radius 3 is 2.46 bits per heavy atom. The minimum absolute atomic E-state index is 0.0160. The SMILES string of the molecule is CCn1c(C)c(-c2nc(C3CC3)no2)c(S(=O)(=O)NC2CCCC2)c1C. The van der Waals surface area contributed by atoms with Crippen LogP contribution < -0.4 is 4.72 Å². The molecule has 1 N–H and O–H groups in total. The van der Waals surface area contributed by atoms with E-state index in [-0.39, 0.29) is 10.9 Å². The lowest BCUT2D eigenvalue weighted by molar-refractivity contribution is 0.421. The van der Waals surface area contributed by atoms with Gasteiger partial charge in [0.1, 0.15) is 4.90 Å². The summed E-state index contributed by atoms with van der Waals surface area (Å²) in [7, 11) is -3.66. The van der Waals surface area contributed by atoms with Gasteiger partial charge in [-0.1, -0.05) is 18.0 Å². The Labute approximate surface area is 154 Å². The standard InChI is InChI=1S/C18H26N4O3S/c1-4-22-11(2)15(18-19-17(20-25-18)13-9-10-13)16(12(22)3)26(23,24)21-14-7-5-6-8-14/h13-14,21H,4-10H2,1-3H3. The minimum atomic E-state index is -3.66. The summed E-state index contributed by atoms with van der Waals surface area (Å²) in [6.45, 7) is 6.46. The van der Waals surface area contributed by atoms with Gasteiger partial charge in [0.15, 0.2) is 5.82 Å². The molecular weight excluding hydrogens is 352 g/mol. The second-order valence-corrected chi connectivity index (χ2v) is 9.10. The summed E-state index contributed by atoms with van der Waals surface area (Å²) in [6.07, 6.45) is 6.08. The highest BCUT2D eigenvalue weighted by Gasteiger charge is 2.35. The van der Waals surface area contributed by atoms with Gasteiger partial charge in [0.2, 0.25) is 10.0 Å². The van der Waals surface area contributed by atoms with Crippen LogP contribution in [-0.2, 0) is 16.6 Å². The maximum absolute atomic E-state index is 13.2. The molecule has 2 aliphatic carbocycles. The van der Waals surface area contributed by atoms with Crippen LogP contribution in [0.1, 0.15) is 68.6 Å². The van der Waals surface area contributed by atoms with E-state index in [2.05, 4.69) is 14.9 Å². The summed E-state index contributed by atoms with van der Waals surface area (Å²) < 4.78 is 36.8. The third kappa shape index (κ3) is 2.99. The van der Waals surface area contributed by atoms with Crippen molar-refractivity contribution in [2.24, 2.45) is 0 Å². The molecule has 0 atom stereocenters. The maximum Gasteiger partial charge on any atom is 0.261 e. The van der Waals surface area contributed by atoms with Gasteiger partial charge in [-0.05, 0) is 46.5 Å². The van der Waals surface area contributed by atoms with E-state index in [1.807, 2.05) is 25.3 Å². The van der Waals surface area contributed by atoms with Gasteiger partial charge in [-0.25, -0.2) is 13.1 Å². The first-order chi connectivity index (χ1) is 12.4. The Morgan fingerprint density at radius 2 is 1.85 bits per heavy atom. The predicted octanol–water partition coefficient (Wildman–Crippen LogP) is 3.27. The fourth-order valence-electron chi connectivity index (χ4n) is 4.08. The summed E-state index contributed by atoms with van der Waals surface area (Å²) in [4.78, 5) is 4.80. The van der Waals surface area contributed by atoms with E-state index < -0.39 is 10.0 Å². The Kier molecular flexibility index (Phi) is 4.43. The minimum Gasteiger partial charge on any atom is -0.347 e. The van der Waals surface area contributed by atoms with Gasteiger partial charge in [0.05, 0.1) is 5.56 Å². The van der Waals surface area contributed by atoms with E-state index in [0.717, 1.165) is 49.9 Å². The fraction of sp³-hybridized carbons (Fsp3) is 0.667. The zero-order valence-corrected chi connectivity index (χ0v) is 16.4. The predicted molar refractivity (Wildman–Crippen MR) is 97.4 cm³/mol.